The van der Waals surface area contributed by atoms with Gasteiger partial charge >= 0.3 is 0 Å². The van der Waals surface area contributed by atoms with E-state index in [1.54, 1.807) is 45.0 Å². The summed E-state index contributed by atoms with van der Waals surface area (Å²) in [4.78, 5) is 27.8. The summed E-state index contributed by atoms with van der Waals surface area (Å²) in [5.74, 6) is -0.969. The lowest BCUT2D eigenvalue weighted by Crippen LogP contribution is -2.32. The average Bonchev–Trinajstić information content (AvgIpc) is 3.05. The third-order valence-electron chi connectivity index (χ3n) is 5.39. The lowest BCUT2D eigenvalue weighted by atomic mass is 9.82. The van der Waals surface area contributed by atoms with Crippen molar-refractivity contribution in [3.8, 4) is 11.5 Å². The summed E-state index contributed by atoms with van der Waals surface area (Å²) in [6, 6.07) is 20.7. The van der Waals surface area contributed by atoms with Crippen LogP contribution in [0.25, 0.3) is 0 Å². The molecule has 1 heterocycles. The number of carbonyl (C=O) groups is 2. The Morgan fingerprint density at radius 2 is 1.58 bits per heavy atom. The fourth-order valence-corrected chi connectivity index (χ4v) is 3.80. The molecule has 0 spiro atoms. The van der Waals surface area contributed by atoms with Crippen molar-refractivity contribution in [2.75, 3.05) is 4.90 Å². The van der Waals surface area contributed by atoms with Gasteiger partial charge in [0.1, 0.15) is 17.3 Å². The van der Waals surface area contributed by atoms with Crippen molar-refractivity contribution in [2.24, 2.45) is 5.41 Å². The van der Waals surface area contributed by atoms with E-state index in [0.717, 1.165) is 0 Å². The minimum atomic E-state index is -0.894. The van der Waals surface area contributed by atoms with Gasteiger partial charge in [-0.15, -0.1) is 0 Å². The number of halogens is 1. The van der Waals surface area contributed by atoms with E-state index in [4.69, 9.17) is 4.74 Å². The Bertz CT molecular complexity index is 1230. The van der Waals surface area contributed by atoms with Gasteiger partial charge in [-0.3, -0.25) is 14.5 Å². The van der Waals surface area contributed by atoms with Crippen LogP contribution in [0.2, 0.25) is 0 Å². The molecule has 0 saturated carbocycles. The highest BCUT2D eigenvalue weighted by Crippen LogP contribution is 2.44. The maximum atomic E-state index is 13.6. The molecule has 0 radical (unpaired) electrons. The monoisotopic (exact) mass is 445 g/mol. The first kappa shape index (κ1) is 22.3. The minimum Gasteiger partial charge on any atom is -0.503 e. The molecular weight excluding hydrogens is 421 g/mol. The summed E-state index contributed by atoms with van der Waals surface area (Å²) in [6.07, 6.45) is 0. The molecular formula is C27H24FNO4. The van der Waals surface area contributed by atoms with Crippen LogP contribution < -0.4 is 9.64 Å². The third kappa shape index (κ3) is 4.37. The van der Waals surface area contributed by atoms with Crippen molar-refractivity contribution in [1.82, 2.24) is 0 Å². The number of hydrogen-bond donors (Lipinski definition) is 1. The van der Waals surface area contributed by atoms with Gasteiger partial charge in [0.15, 0.2) is 11.5 Å². The second-order valence-corrected chi connectivity index (χ2v) is 8.88. The normalized spacial score (nSPS) is 16.3. The number of Topliss-reactive ketones (excluding diaryl/α,β-unsaturated/α-hetero) is 1. The fourth-order valence-electron chi connectivity index (χ4n) is 3.80. The number of rotatable bonds is 5. The van der Waals surface area contributed by atoms with E-state index in [-0.39, 0.29) is 11.4 Å². The first-order valence-corrected chi connectivity index (χ1v) is 10.6. The van der Waals surface area contributed by atoms with E-state index in [0.29, 0.717) is 22.7 Å². The van der Waals surface area contributed by atoms with Gasteiger partial charge in [0.25, 0.3) is 5.91 Å². The Hall–Kier alpha value is -3.93. The molecule has 33 heavy (non-hydrogen) atoms. The largest absolute Gasteiger partial charge is 0.503 e. The lowest BCUT2D eigenvalue weighted by Gasteiger charge is -2.29. The molecule has 0 aliphatic carbocycles. The fraction of sp³-hybridized carbons (Fsp3) is 0.185. The Labute approximate surface area is 191 Å². The van der Waals surface area contributed by atoms with Crippen LogP contribution in [0.5, 0.6) is 11.5 Å². The van der Waals surface area contributed by atoms with Crippen LogP contribution in [-0.4, -0.2) is 16.8 Å². The van der Waals surface area contributed by atoms with Gasteiger partial charge in [-0.25, -0.2) is 4.39 Å². The number of amides is 1. The Morgan fingerprint density at radius 1 is 0.939 bits per heavy atom. The number of aliphatic hydroxyl groups is 1. The minimum absolute atomic E-state index is 0.00804. The molecule has 0 fully saturated rings. The number of benzene rings is 3. The molecule has 3 aromatic carbocycles. The molecule has 3 aromatic rings. The van der Waals surface area contributed by atoms with Crippen molar-refractivity contribution in [1.29, 1.82) is 0 Å². The molecule has 1 atom stereocenters. The number of ether oxygens (including phenoxy) is 1. The number of hydrogen-bond acceptors (Lipinski definition) is 4. The summed E-state index contributed by atoms with van der Waals surface area (Å²) in [5.41, 5.74) is 0.120. The summed E-state index contributed by atoms with van der Waals surface area (Å²) >= 11 is 0. The molecule has 0 aromatic heterocycles. The first-order chi connectivity index (χ1) is 15.7. The van der Waals surface area contributed by atoms with E-state index in [1.165, 1.54) is 29.2 Å². The smallest absolute Gasteiger partial charge is 0.294 e. The molecule has 1 aliphatic heterocycles. The van der Waals surface area contributed by atoms with Crippen LogP contribution in [0.15, 0.2) is 90.2 Å². The Morgan fingerprint density at radius 3 is 2.21 bits per heavy atom. The highest BCUT2D eigenvalue weighted by Gasteiger charge is 2.46. The van der Waals surface area contributed by atoms with Crippen molar-refractivity contribution < 1.29 is 23.8 Å². The lowest BCUT2D eigenvalue weighted by molar-refractivity contribution is -0.123. The van der Waals surface area contributed by atoms with Gasteiger partial charge in [0.2, 0.25) is 0 Å². The molecule has 4 rings (SSSR count). The molecule has 1 amide bonds. The van der Waals surface area contributed by atoms with Crippen molar-refractivity contribution in [2.45, 2.75) is 26.8 Å². The number of anilines is 1. The van der Waals surface area contributed by atoms with Crippen LogP contribution >= 0.6 is 0 Å². The number of aliphatic hydroxyl groups excluding tert-OH is 1. The zero-order valence-corrected chi connectivity index (χ0v) is 18.6. The zero-order chi connectivity index (χ0) is 23.8. The number of carbonyl (C=O) groups excluding carboxylic acids is 2. The van der Waals surface area contributed by atoms with E-state index >= 15 is 0 Å². The van der Waals surface area contributed by atoms with Crippen LogP contribution in [0.3, 0.4) is 0 Å². The van der Waals surface area contributed by atoms with E-state index < -0.39 is 28.9 Å². The maximum Gasteiger partial charge on any atom is 0.294 e. The van der Waals surface area contributed by atoms with Gasteiger partial charge in [-0.2, -0.15) is 0 Å². The molecule has 1 unspecified atom stereocenters. The van der Waals surface area contributed by atoms with Gasteiger partial charge < -0.3 is 9.84 Å². The van der Waals surface area contributed by atoms with Crippen LogP contribution in [0, 0.1) is 11.2 Å². The molecule has 1 N–H and O–H groups in total. The quantitative estimate of drug-likeness (QED) is 0.513. The van der Waals surface area contributed by atoms with E-state index in [2.05, 4.69) is 0 Å². The summed E-state index contributed by atoms with van der Waals surface area (Å²) in [6.45, 7) is 5.19. The number of para-hydroxylation sites is 1. The standard InChI is InChI=1S/C27H24FNO4/c1-27(2,3)25(31)22-23(29(26(32)24(22)30)19-14-12-18(28)13-15-19)17-8-7-11-21(16-17)33-20-9-5-4-6-10-20/h4-16,23,30H,1-3H3. The van der Waals surface area contributed by atoms with Gasteiger partial charge in [0, 0.05) is 11.1 Å². The van der Waals surface area contributed by atoms with Crippen LogP contribution in [0.4, 0.5) is 10.1 Å². The Balaban J connectivity index is 1.83. The van der Waals surface area contributed by atoms with E-state index in [1.807, 2.05) is 30.3 Å². The second-order valence-electron chi connectivity index (χ2n) is 8.88. The highest BCUT2D eigenvalue weighted by molar-refractivity contribution is 6.17. The molecule has 168 valence electrons. The summed E-state index contributed by atoms with van der Waals surface area (Å²) < 4.78 is 19.5. The van der Waals surface area contributed by atoms with E-state index in [9.17, 15) is 19.1 Å². The molecule has 6 heteroatoms. The van der Waals surface area contributed by atoms with Crippen molar-refractivity contribution in [3.05, 3.63) is 102 Å². The number of nitrogens with zero attached hydrogens (tertiary/aromatic N) is 1. The number of ketones is 1. The first-order valence-electron chi connectivity index (χ1n) is 10.6. The zero-order valence-electron chi connectivity index (χ0n) is 18.6. The predicted octanol–water partition coefficient (Wildman–Crippen LogP) is 6.13. The third-order valence-corrected chi connectivity index (χ3v) is 5.39. The summed E-state index contributed by atoms with van der Waals surface area (Å²) in [5, 5.41) is 10.8. The van der Waals surface area contributed by atoms with Gasteiger partial charge in [0.05, 0.1) is 11.6 Å². The predicted molar refractivity (Wildman–Crippen MR) is 124 cm³/mol. The molecule has 1 aliphatic rings. The molecule has 5 nitrogen and oxygen atoms in total. The van der Waals surface area contributed by atoms with Crippen LogP contribution in [-0.2, 0) is 9.59 Å². The van der Waals surface area contributed by atoms with Gasteiger partial charge in [-0.1, -0.05) is 51.1 Å². The van der Waals surface area contributed by atoms with Crippen molar-refractivity contribution >= 4 is 17.4 Å². The molecule has 0 saturated heterocycles. The highest BCUT2D eigenvalue weighted by atomic mass is 19.1. The topological polar surface area (TPSA) is 66.8 Å². The maximum absolute atomic E-state index is 13.6. The van der Waals surface area contributed by atoms with Gasteiger partial charge in [-0.05, 0) is 54.1 Å². The van der Waals surface area contributed by atoms with Crippen molar-refractivity contribution in [3.63, 3.8) is 0 Å². The van der Waals surface area contributed by atoms with Crippen LogP contribution in [0.1, 0.15) is 32.4 Å². The summed E-state index contributed by atoms with van der Waals surface area (Å²) in [7, 11) is 0. The molecule has 0 bridgehead atoms. The SMILES string of the molecule is CC(C)(C)C(=O)C1=C(O)C(=O)N(c2ccc(F)cc2)C1c1cccc(Oc2ccccc2)c1. The Kier molecular flexibility index (Phi) is 5.77. The second kappa shape index (κ2) is 8.54. The average molecular weight is 445 g/mol.